The van der Waals surface area contributed by atoms with Crippen molar-refractivity contribution in [2.24, 2.45) is 0 Å². The number of hydrogen-bond donors (Lipinski definition) is 0. The van der Waals surface area contributed by atoms with Gasteiger partial charge in [0.2, 0.25) is 10.0 Å². The second-order valence-corrected chi connectivity index (χ2v) is 9.84. The highest BCUT2D eigenvalue weighted by Gasteiger charge is 2.34. The average molecular weight is 417 g/mol. The number of carbonyl (C=O) groups is 1. The maximum Gasteiger partial charge on any atom is 0.254 e. The standard InChI is InChI=1S/C22H28N2O4S/c1-15-12-18(13-21(16(15)2)29(26,27)23(3)4)22(25)24(19-8-9-19)14-17-6-10-20(28-5)11-7-17/h6-7,10-13,19H,8-9,14H2,1-5H3. The van der Waals surface area contributed by atoms with Crippen molar-refractivity contribution < 1.29 is 17.9 Å². The summed E-state index contributed by atoms with van der Waals surface area (Å²) in [6.45, 7) is 4.10. The van der Waals surface area contributed by atoms with E-state index in [0.717, 1.165) is 29.7 Å². The first kappa shape index (κ1) is 21.3. The number of rotatable bonds is 7. The average Bonchev–Trinajstić information content (AvgIpc) is 3.52. The molecule has 156 valence electrons. The molecule has 0 saturated heterocycles. The minimum Gasteiger partial charge on any atom is -0.497 e. The Morgan fingerprint density at radius 2 is 1.72 bits per heavy atom. The van der Waals surface area contributed by atoms with Crippen LogP contribution in [0.4, 0.5) is 0 Å². The molecular formula is C22H28N2O4S. The van der Waals surface area contributed by atoms with Gasteiger partial charge in [0.25, 0.3) is 5.91 Å². The second-order valence-electron chi connectivity index (χ2n) is 7.72. The molecule has 0 spiro atoms. The Morgan fingerprint density at radius 1 is 1.10 bits per heavy atom. The summed E-state index contributed by atoms with van der Waals surface area (Å²) in [5, 5.41) is 0. The fourth-order valence-corrected chi connectivity index (χ4v) is 4.48. The van der Waals surface area contributed by atoms with Crippen LogP contribution in [0.15, 0.2) is 41.3 Å². The first-order valence-corrected chi connectivity index (χ1v) is 11.1. The van der Waals surface area contributed by atoms with Gasteiger partial charge in [-0.2, -0.15) is 0 Å². The van der Waals surface area contributed by atoms with Gasteiger partial charge < -0.3 is 9.64 Å². The van der Waals surface area contributed by atoms with Crippen molar-refractivity contribution in [3.8, 4) is 5.75 Å². The lowest BCUT2D eigenvalue weighted by molar-refractivity contribution is 0.0729. The summed E-state index contributed by atoms with van der Waals surface area (Å²) in [4.78, 5) is 15.4. The molecule has 0 radical (unpaired) electrons. The summed E-state index contributed by atoms with van der Waals surface area (Å²) in [5.41, 5.74) is 2.88. The van der Waals surface area contributed by atoms with Crippen LogP contribution in [0.2, 0.25) is 0 Å². The van der Waals surface area contributed by atoms with Crippen LogP contribution < -0.4 is 4.74 Å². The Bertz CT molecular complexity index is 1010. The van der Waals surface area contributed by atoms with Crippen LogP contribution in [0.5, 0.6) is 5.75 Å². The third-order valence-electron chi connectivity index (χ3n) is 5.39. The van der Waals surface area contributed by atoms with E-state index in [4.69, 9.17) is 4.74 Å². The van der Waals surface area contributed by atoms with E-state index in [-0.39, 0.29) is 16.8 Å². The molecule has 3 rings (SSSR count). The fraction of sp³-hybridized carbons (Fsp3) is 0.409. The molecule has 0 atom stereocenters. The molecule has 0 aromatic heterocycles. The molecule has 0 bridgehead atoms. The van der Waals surface area contributed by atoms with Crippen LogP contribution in [0.1, 0.15) is 39.9 Å². The van der Waals surface area contributed by atoms with E-state index in [9.17, 15) is 13.2 Å². The molecule has 0 heterocycles. The number of aryl methyl sites for hydroxylation is 1. The number of sulfonamides is 1. The fourth-order valence-electron chi connectivity index (χ4n) is 3.26. The van der Waals surface area contributed by atoms with Crippen molar-refractivity contribution >= 4 is 15.9 Å². The molecule has 2 aromatic carbocycles. The summed E-state index contributed by atoms with van der Waals surface area (Å²) in [7, 11) is 0.982. The molecule has 0 aliphatic heterocycles. The molecule has 6 nitrogen and oxygen atoms in total. The van der Waals surface area contributed by atoms with Crippen LogP contribution >= 0.6 is 0 Å². The maximum atomic E-state index is 13.4. The van der Waals surface area contributed by atoms with Gasteiger partial charge >= 0.3 is 0 Å². The number of carbonyl (C=O) groups excluding carboxylic acids is 1. The molecule has 1 amide bonds. The van der Waals surface area contributed by atoms with Crippen molar-refractivity contribution in [2.75, 3.05) is 21.2 Å². The van der Waals surface area contributed by atoms with E-state index in [1.165, 1.54) is 24.5 Å². The number of ether oxygens (including phenoxy) is 1. The summed E-state index contributed by atoms with van der Waals surface area (Å²) in [6.07, 6.45) is 1.94. The Hall–Kier alpha value is -2.38. The van der Waals surface area contributed by atoms with E-state index < -0.39 is 10.0 Å². The zero-order chi connectivity index (χ0) is 21.3. The van der Waals surface area contributed by atoms with Gasteiger partial charge in [0.05, 0.1) is 12.0 Å². The first-order chi connectivity index (χ1) is 13.6. The summed E-state index contributed by atoms with van der Waals surface area (Å²) in [5.74, 6) is 0.632. The van der Waals surface area contributed by atoms with Crippen molar-refractivity contribution in [1.29, 1.82) is 0 Å². The zero-order valence-corrected chi connectivity index (χ0v) is 18.4. The highest BCUT2D eigenvalue weighted by molar-refractivity contribution is 7.89. The molecule has 0 N–H and O–H groups in total. The predicted molar refractivity (Wildman–Crippen MR) is 113 cm³/mol. The normalized spacial score (nSPS) is 14.1. The Morgan fingerprint density at radius 3 is 2.24 bits per heavy atom. The van der Waals surface area contributed by atoms with Gasteiger partial charge in [-0.1, -0.05) is 12.1 Å². The summed E-state index contributed by atoms with van der Waals surface area (Å²) >= 11 is 0. The van der Waals surface area contributed by atoms with E-state index in [1.54, 1.807) is 20.1 Å². The van der Waals surface area contributed by atoms with Gasteiger partial charge in [0.15, 0.2) is 0 Å². The van der Waals surface area contributed by atoms with E-state index >= 15 is 0 Å². The Kier molecular flexibility index (Phi) is 6.00. The largest absolute Gasteiger partial charge is 0.497 e. The lowest BCUT2D eigenvalue weighted by Gasteiger charge is -2.24. The molecule has 0 unspecified atom stereocenters. The second kappa shape index (κ2) is 8.16. The van der Waals surface area contributed by atoms with Crippen molar-refractivity contribution in [3.63, 3.8) is 0 Å². The summed E-state index contributed by atoms with van der Waals surface area (Å²) < 4.78 is 31.9. The smallest absolute Gasteiger partial charge is 0.254 e. The van der Waals surface area contributed by atoms with Gasteiger partial charge in [-0.25, -0.2) is 12.7 Å². The van der Waals surface area contributed by atoms with Crippen molar-refractivity contribution in [1.82, 2.24) is 9.21 Å². The third kappa shape index (κ3) is 4.46. The molecule has 29 heavy (non-hydrogen) atoms. The topological polar surface area (TPSA) is 66.9 Å². The Labute approximate surface area is 173 Å². The van der Waals surface area contributed by atoms with Crippen LogP contribution in [0.25, 0.3) is 0 Å². The molecule has 7 heteroatoms. The number of nitrogens with zero attached hydrogens (tertiary/aromatic N) is 2. The van der Waals surface area contributed by atoms with E-state index in [0.29, 0.717) is 17.7 Å². The number of methoxy groups -OCH3 is 1. The highest BCUT2D eigenvalue weighted by Crippen LogP contribution is 2.31. The maximum absolute atomic E-state index is 13.4. The minimum atomic E-state index is -3.63. The van der Waals surface area contributed by atoms with Crippen molar-refractivity contribution in [3.05, 3.63) is 58.7 Å². The number of amides is 1. The number of benzene rings is 2. The molecule has 1 aliphatic carbocycles. The van der Waals surface area contributed by atoms with E-state index in [2.05, 4.69) is 0 Å². The van der Waals surface area contributed by atoms with Gasteiger partial charge in [-0.15, -0.1) is 0 Å². The lowest BCUT2D eigenvalue weighted by Crippen LogP contribution is -2.33. The zero-order valence-electron chi connectivity index (χ0n) is 17.6. The molecule has 2 aromatic rings. The summed E-state index contributed by atoms with van der Waals surface area (Å²) in [6, 6.07) is 11.2. The van der Waals surface area contributed by atoms with Crippen LogP contribution in [0, 0.1) is 13.8 Å². The van der Waals surface area contributed by atoms with E-state index in [1.807, 2.05) is 36.1 Å². The monoisotopic (exact) mass is 416 g/mol. The SMILES string of the molecule is COc1ccc(CN(C(=O)c2cc(C)c(C)c(S(=O)(=O)N(C)C)c2)C2CC2)cc1. The van der Waals surface area contributed by atoms with Crippen LogP contribution in [-0.2, 0) is 16.6 Å². The first-order valence-electron chi connectivity index (χ1n) is 9.63. The quantitative estimate of drug-likeness (QED) is 0.694. The third-order valence-corrected chi connectivity index (χ3v) is 7.33. The lowest BCUT2D eigenvalue weighted by atomic mass is 10.0. The molecule has 1 saturated carbocycles. The molecule has 1 fully saturated rings. The highest BCUT2D eigenvalue weighted by atomic mass is 32.2. The molecule has 1 aliphatic rings. The number of hydrogen-bond acceptors (Lipinski definition) is 4. The van der Waals surface area contributed by atoms with Crippen LogP contribution in [0.3, 0.4) is 0 Å². The predicted octanol–water partition coefficient (Wildman–Crippen LogP) is 3.37. The molecular weight excluding hydrogens is 388 g/mol. The van der Waals surface area contributed by atoms with Gasteiger partial charge in [0, 0.05) is 32.2 Å². The van der Waals surface area contributed by atoms with Gasteiger partial charge in [0.1, 0.15) is 5.75 Å². The van der Waals surface area contributed by atoms with Crippen LogP contribution in [-0.4, -0.2) is 50.8 Å². The Balaban J connectivity index is 1.95. The van der Waals surface area contributed by atoms with Crippen molar-refractivity contribution in [2.45, 2.75) is 44.2 Å². The van der Waals surface area contributed by atoms with Gasteiger partial charge in [-0.3, -0.25) is 4.79 Å². The minimum absolute atomic E-state index is 0.137. The van der Waals surface area contributed by atoms with Gasteiger partial charge in [-0.05, 0) is 67.6 Å².